The molecule has 1 amide bonds. The number of hydrogen-bond acceptors (Lipinski definition) is 3. The van der Waals surface area contributed by atoms with Gasteiger partial charge in [-0.25, -0.2) is 4.98 Å². The van der Waals surface area contributed by atoms with Crippen LogP contribution in [0.1, 0.15) is 12.2 Å². The second-order valence-corrected chi connectivity index (χ2v) is 4.28. The molecule has 5 nitrogen and oxygen atoms in total. The number of aromatic amines is 1. The van der Waals surface area contributed by atoms with Crippen LogP contribution < -0.4 is 0 Å². The van der Waals surface area contributed by atoms with Crippen LogP contribution in [0, 0.1) is 0 Å². The number of aliphatic hydroxyl groups is 1. The van der Waals surface area contributed by atoms with Crippen molar-refractivity contribution in [3.63, 3.8) is 0 Å². The van der Waals surface area contributed by atoms with Crippen LogP contribution in [0.4, 0.5) is 0 Å². The lowest BCUT2D eigenvalue weighted by molar-refractivity contribution is -0.132. The minimum absolute atomic E-state index is 0.250. The molecule has 1 heterocycles. The highest BCUT2D eigenvalue weighted by atomic mass is 16.3. The first kappa shape index (κ1) is 12.6. The second kappa shape index (κ2) is 5.64. The summed E-state index contributed by atoms with van der Waals surface area (Å²) in [7, 11) is 1.69. The molecule has 0 saturated carbocycles. The number of carbonyl (C=O) groups is 1. The van der Waals surface area contributed by atoms with Crippen LogP contribution in [0.3, 0.4) is 0 Å². The Balaban J connectivity index is 1.88. The minimum atomic E-state index is -0.429. The highest BCUT2D eigenvalue weighted by Crippen LogP contribution is 2.11. The number of aryl methyl sites for hydroxylation is 1. The number of H-pyrrole nitrogens is 1. The Morgan fingerprint density at radius 2 is 2.22 bits per heavy atom. The van der Waals surface area contributed by atoms with Gasteiger partial charge in [0.15, 0.2) is 0 Å². The summed E-state index contributed by atoms with van der Waals surface area (Å²) in [5, 5.41) is 8.71. The van der Waals surface area contributed by atoms with E-state index in [0.29, 0.717) is 6.54 Å². The van der Waals surface area contributed by atoms with Gasteiger partial charge in [-0.15, -0.1) is 0 Å². The van der Waals surface area contributed by atoms with E-state index < -0.39 is 6.61 Å². The molecule has 2 aromatic rings. The van der Waals surface area contributed by atoms with Gasteiger partial charge in [0.1, 0.15) is 12.4 Å². The van der Waals surface area contributed by atoms with Crippen LogP contribution in [0.25, 0.3) is 11.0 Å². The van der Waals surface area contributed by atoms with E-state index in [1.165, 1.54) is 4.90 Å². The SMILES string of the molecule is CN(CCCc1nc2ccccc2[nH]1)C(=O)CO. The van der Waals surface area contributed by atoms with Gasteiger partial charge in [-0.2, -0.15) is 0 Å². The lowest BCUT2D eigenvalue weighted by Gasteiger charge is -2.14. The smallest absolute Gasteiger partial charge is 0.248 e. The first-order valence-corrected chi connectivity index (χ1v) is 5.99. The predicted octanol–water partition coefficient (Wildman–Crippen LogP) is 0.946. The predicted molar refractivity (Wildman–Crippen MR) is 69.1 cm³/mol. The first-order chi connectivity index (χ1) is 8.70. The van der Waals surface area contributed by atoms with Crippen molar-refractivity contribution in [1.82, 2.24) is 14.9 Å². The number of nitrogens with one attached hydrogen (secondary N) is 1. The molecular weight excluding hydrogens is 230 g/mol. The van der Waals surface area contributed by atoms with E-state index in [4.69, 9.17) is 5.11 Å². The molecule has 5 heteroatoms. The summed E-state index contributed by atoms with van der Waals surface area (Å²) in [5.41, 5.74) is 2.00. The van der Waals surface area contributed by atoms with Gasteiger partial charge < -0.3 is 15.0 Å². The Morgan fingerprint density at radius 3 is 2.94 bits per heavy atom. The van der Waals surface area contributed by atoms with Crippen molar-refractivity contribution in [1.29, 1.82) is 0 Å². The number of hydrogen-bond donors (Lipinski definition) is 2. The fraction of sp³-hybridized carbons (Fsp3) is 0.385. The molecule has 2 rings (SSSR count). The molecular formula is C13H17N3O2. The fourth-order valence-electron chi connectivity index (χ4n) is 1.85. The van der Waals surface area contributed by atoms with Crippen molar-refractivity contribution in [3.8, 4) is 0 Å². The van der Waals surface area contributed by atoms with Gasteiger partial charge in [0.05, 0.1) is 11.0 Å². The quantitative estimate of drug-likeness (QED) is 0.826. The van der Waals surface area contributed by atoms with E-state index >= 15 is 0 Å². The first-order valence-electron chi connectivity index (χ1n) is 5.99. The van der Waals surface area contributed by atoms with E-state index in [-0.39, 0.29) is 5.91 Å². The third kappa shape index (κ3) is 2.87. The van der Waals surface area contributed by atoms with Crippen LogP contribution in [0.15, 0.2) is 24.3 Å². The van der Waals surface area contributed by atoms with Crippen molar-refractivity contribution in [3.05, 3.63) is 30.1 Å². The van der Waals surface area contributed by atoms with Crippen molar-refractivity contribution < 1.29 is 9.90 Å². The summed E-state index contributed by atoms with van der Waals surface area (Å²) in [6.07, 6.45) is 1.61. The molecule has 0 aliphatic rings. The van der Waals surface area contributed by atoms with Gasteiger partial charge in [-0.1, -0.05) is 12.1 Å². The molecule has 0 atom stereocenters. The molecule has 18 heavy (non-hydrogen) atoms. The second-order valence-electron chi connectivity index (χ2n) is 4.28. The van der Waals surface area contributed by atoms with Crippen LogP contribution in [0.2, 0.25) is 0 Å². The van der Waals surface area contributed by atoms with Crippen molar-refractivity contribution in [2.75, 3.05) is 20.2 Å². The molecule has 2 N–H and O–H groups in total. The average molecular weight is 247 g/mol. The number of imidazole rings is 1. The molecule has 0 unspecified atom stereocenters. The lowest BCUT2D eigenvalue weighted by atomic mass is 10.3. The number of rotatable bonds is 5. The van der Waals surface area contributed by atoms with Gasteiger partial charge in [0, 0.05) is 20.0 Å². The normalized spacial score (nSPS) is 10.8. The third-order valence-corrected chi connectivity index (χ3v) is 2.91. The summed E-state index contributed by atoms with van der Waals surface area (Å²) in [5.74, 6) is 0.681. The van der Waals surface area contributed by atoms with Crippen molar-refractivity contribution in [2.24, 2.45) is 0 Å². The fourth-order valence-corrected chi connectivity index (χ4v) is 1.85. The molecule has 96 valence electrons. The Labute approximate surface area is 105 Å². The largest absolute Gasteiger partial charge is 0.387 e. The monoisotopic (exact) mass is 247 g/mol. The number of benzene rings is 1. The summed E-state index contributed by atoms with van der Waals surface area (Å²) < 4.78 is 0. The number of fused-ring (bicyclic) bond motifs is 1. The molecule has 0 fully saturated rings. The van der Waals surface area contributed by atoms with Crippen LogP contribution in [-0.4, -0.2) is 46.1 Å². The van der Waals surface area contributed by atoms with Gasteiger partial charge in [0.2, 0.25) is 5.91 Å². The zero-order chi connectivity index (χ0) is 13.0. The van der Waals surface area contributed by atoms with E-state index in [0.717, 1.165) is 29.7 Å². The number of carbonyl (C=O) groups excluding carboxylic acids is 1. The number of aliphatic hydroxyl groups excluding tert-OH is 1. The Bertz CT molecular complexity index is 503. The lowest BCUT2D eigenvalue weighted by Crippen LogP contribution is -2.30. The van der Waals surface area contributed by atoms with Gasteiger partial charge >= 0.3 is 0 Å². The Morgan fingerprint density at radius 1 is 1.44 bits per heavy atom. The van der Waals surface area contributed by atoms with E-state index in [2.05, 4.69) is 9.97 Å². The van der Waals surface area contributed by atoms with E-state index in [1.54, 1.807) is 7.05 Å². The maximum Gasteiger partial charge on any atom is 0.248 e. The summed E-state index contributed by atoms with van der Waals surface area (Å²) in [4.78, 5) is 20.4. The van der Waals surface area contributed by atoms with Gasteiger partial charge in [0.25, 0.3) is 0 Å². The molecule has 0 aliphatic heterocycles. The van der Waals surface area contributed by atoms with E-state index in [1.807, 2.05) is 24.3 Å². The molecule has 0 bridgehead atoms. The number of aromatic nitrogens is 2. The molecule has 1 aromatic carbocycles. The highest BCUT2D eigenvalue weighted by molar-refractivity contribution is 5.76. The maximum absolute atomic E-state index is 11.1. The van der Waals surface area contributed by atoms with Crippen LogP contribution >= 0.6 is 0 Å². The zero-order valence-electron chi connectivity index (χ0n) is 10.4. The summed E-state index contributed by atoms with van der Waals surface area (Å²) in [6.45, 7) is 0.192. The molecule has 0 spiro atoms. The van der Waals surface area contributed by atoms with Crippen LogP contribution in [0.5, 0.6) is 0 Å². The summed E-state index contributed by atoms with van der Waals surface area (Å²) in [6, 6.07) is 7.89. The zero-order valence-corrected chi connectivity index (χ0v) is 10.4. The molecule has 0 radical (unpaired) electrons. The number of amides is 1. The van der Waals surface area contributed by atoms with Crippen molar-refractivity contribution >= 4 is 16.9 Å². The highest BCUT2D eigenvalue weighted by Gasteiger charge is 2.07. The maximum atomic E-state index is 11.1. The van der Waals surface area contributed by atoms with Gasteiger partial charge in [-0.3, -0.25) is 4.79 Å². The Kier molecular flexibility index (Phi) is 3.94. The van der Waals surface area contributed by atoms with Gasteiger partial charge in [-0.05, 0) is 18.6 Å². The van der Waals surface area contributed by atoms with Crippen molar-refractivity contribution in [2.45, 2.75) is 12.8 Å². The standard InChI is InChI=1S/C13H17N3O2/c1-16(13(18)9-17)8-4-7-12-14-10-5-2-3-6-11(10)15-12/h2-3,5-6,17H,4,7-9H2,1H3,(H,14,15). The molecule has 0 aliphatic carbocycles. The number of nitrogens with zero attached hydrogens (tertiary/aromatic N) is 2. The van der Waals surface area contributed by atoms with E-state index in [9.17, 15) is 4.79 Å². The minimum Gasteiger partial charge on any atom is -0.387 e. The molecule has 1 aromatic heterocycles. The number of likely N-dealkylation sites (N-methyl/N-ethyl adjacent to an activating group) is 1. The third-order valence-electron chi connectivity index (χ3n) is 2.91. The Hall–Kier alpha value is -1.88. The van der Waals surface area contributed by atoms with Crippen LogP contribution in [-0.2, 0) is 11.2 Å². The summed E-state index contributed by atoms with van der Waals surface area (Å²) >= 11 is 0. The number of para-hydroxylation sites is 2. The topological polar surface area (TPSA) is 69.2 Å². The molecule has 0 saturated heterocycles. The average Bonchev–Trinajstić information content (AvgIpc) is 2.80.